The minimum absolute atomic E-state index is 0.0810. The molecule has 0 saturated heterocycles. The summed E-state index contributed by atoms with van der Waals surface area (Å²) in [6.07, 6.45) is 1.49. The van der Waals surface area contributed by atoms with E-state index in [2.05, 4.69) is 17.9 Å². The lowest BCUT2D eigenvalue weighted by atomic mass is 10.8. The first kappa shape index (κ1) is 5.82. The SMILES string of the molecule is CC(S)N[C]=O. The number of hydrogen-bond acceptors (Lipinski definition) is 2. The van der Waals surface area contributed by atoms with Crippen LogP contribution in [-0.2, 0) is 4.79 Å². The number of carbonyl (C=O) groups excluding carboxylic acids is 1. The van der Waals surface area contributed by atoms with Gasteiger partial charge in [0.05, 0.1) is 5.37 Å². The Kier molecular flexibility index (Phi) is 2.94. The smallest absolute Gasteiger partial charge is 0.310 e. The van der Waals surface area contributed by atoms with E-state index in [1.807, 2.05) is 0 Å². The molecule has 0 aromatic heterocycles. The maximum Gasteiger partial charge on any atom is 0.310 e. The summed E-state index contributed by atoms with van der Waals surface area (Å²) in [4.78, 5) is 9.33. The van der Waals surface area contributed by atoms with E-state index in [1.165, 1.54) is 6.41 Å². The standard InChI is InChI=1S/C3H6NOS/c1-3(6)4-2-5/h3,6H,1H3,(H,4,5). The molecule has 0 rings (SSSR count). The van der Waals surface area contributed by atoms with Crippen molar-refractivity contribution in [1.29, 1.82) is 0 Å². The largest absolute Gasteiger partial charge is 0.337 e. The highest BCUT2D eigenvalue weighted by Crippen LogP contribution is 1.79. The highest BCUT2D eigenvalue weighted by molar-refractivity contribution is 7.80. The van der Waals surface area contributed by atoms with Crippen molar-refractivity contribution in [2.45, 2.75) is 12.3 Å². The van der Waals surface area contributed by atoms with Crippen LogP contribution in [0.4, 0.5) is 0 Å². The lowest BCUT2D eigenvalue weighted by Crippen LogP contribution is -2.17. The van der Waals surface area contributed by atoms with Crippen LogP contribution in [0.5, 0.6) is 0 Å². The lowest BCUT2D eigenvalue weighted by molar-refractivity contribution is 0.542. The molecule has 1 radical (unpaired) electrons. The Balaban J connectivity index is 2.81. The third-order valence-electron chi connectivity index (χ3n) is 0.268. The predicted octanol–water partition coefficient (Wildman–Crippen LogP) is -0.0810. The van der Waals surface area contributed by atoms with Gasteiger partial charge in [-0.3, -0.25) is 4.79 Å². The summed E-state index contributed by atoms with van der Waals surface area (Å²) in [6.45, 7) is 1.74. The van der Waals surface area contributed by atoms with Gasteiger partial charge in [-0.1, -0.05) is 0 Å². The highest BCUT2D eigenvalue weighted by Gasteiger charge is 1.83. The second kappa shape index (κ2) is 3.03. The molecule has 0 heterocycles. The van der Waals surface area contributed by atoms with Crippen molar-refractivity contribution >= 4 is 19.0 Å². The minimum Gasteiger partial charge on any atom is -0.337 e. The second-order valence-corrected chi connectivity index (χ2v) is 1.70. The first-order valence-electron chi connectivity index (χ1n) is 1.58. The van der Waals surface area contributed by atoms with E-state index in [9.17, 15) is 4.79 Å². The van der Waals surface area contributed by atoms with Crippen LogP contribution in [0.3, 0.4) is 0 Å². The molecule has 0 bridgehead atoms. The fourth-order valence-electron chi connectivity index (χ4n) is 0.0853. The zero-order valence-corrected chi connectivity index (χ0v) is 4.33. The Labute approximate surface area is 42.3 Å². The summed E-state index contributed by atoms with van der Waals surface area (Å²) in [5.41, 5.74) is 0. The van der Waals surface area contributed by atoms with Gasteiger partial charge < -0.3 is 5.32 Å². The molecule has 2 nitrogen and oxygen atoms in total. The summed E-state index contributed by atoms with van der Waals surface area (Å²) < 4.78 is 0. The average molecular weight is 104 g/mol. The van der Waals surface area contributed by atoms with Gasteiger partial charge in [0.2, 0.25) is 0 Å². The molecule has 1 N–H and O–H groups in total. The zero-order valence-electron chi connectivity index (χ0n) is 3.43. The van der Waals surface area contributed by atoms with Gasteiger partial charge in [0.25, 0.3) is 0 Å². The Morgan fingerprint density at radius 2 is 2.50 bits per heavy atom. The molecule has 0 spiro atoms. The monoisotopic (exact) mass is 104 g/mol. The molecule has 1 unspecified atom stereocenters. The van der Waals surface area contributed by atoms with Gasteiger partial charge in [-0.05, 0) is 6.92 Å². The Hall–Kier alpha value is -0.180. The molecule has 6 heavy (non-hydrogen) atoms. The van der Waals surface area contributed by atoms with Crippen molar-refractivity contribution in [3.8, 4) is 0 Å². The van der Waals surface area contributed by atoms with Crippen LogP contribution in [0.15, 0.2) is 0 Å². The van der Waals surface area contributed by atoms with E-state index in [0.29, 0.717) is 0 Å². The molecule has 0 fully saturated rings. The van der Waals surface area contributed by atoms with E-state index in [1.54, 1.807) is 6.92 Å². The lowest BCUT2D eigenvalue weighted by Gasteiger charge is -1.94. The molecular formula is C3H6NOS. The van der Waals surface area contributed by atoms with Crippen LogP contribution >= 0.6 is 12.6 Å². The van der Waals surface area contributed by atoms with E-state index in [4.69, 9.17) is 0 Å². The number of nitrogens with one attached hydrogen (secondary N) is 1. The summed E-state index contributed by atoms with van der Waals surface area (Å²) in [7, 11) is 0. The molecular weight excluding hydrogens is 98.1 g/mol. The molecule has 1 atom stereocenters. The molecule has 0 aromatic carbocycles. The zero-order chi connectivity index (χ0) is 4.99. The molecule has 35 valence electrons. The van der Waals surface area contributed by atoms with Gasteiger partial charge in [0.1, 0.15) is 0 Å². The van der Waals surface area contributed by atoms with Crippen molar-refractivity contribution in [3.05, 3.63) is 0 Å². The maximum atomic E-state index is 9.33. The quantitative estimate of drug-likeness (QED) is 0.286. The van der Waals surface area contributed by atoms with Crippen molar-refractivity contribution < 1.29 is 4.79 Å². The van der Waals surface area contributed by atoms with Crippen LogP contribution in [-0.4, -0.2) is 11.8 Å². The molecule has 0 aliphatic rings. The number of hydrogen-bond donors (Lipinski definition) is 2. The van der Waals surface area contributed by atoms with E-state index >= 15 is 0 Å². The fraction of sp³-hybridized carbons (Fsp3) is 0.667. The molecule has 0 aliphatic carbocycles. The van der Waals surface area contributed by atoms with Gasteiger partial charge in [-0.25, -0.2) is 0 Å². The Bertz CT molecular complexity index is 46.1. The van der Waals surface area contributed by atoms with Gasteiger partial charge in [-0.15, -0.1) is 0 Å². The second-order valence-electron chi connectivity index (χ2n) is 0.922. The minimum atomic E-state index is -0.0810. The highest BCUT2D eigenvalue weighted by atomic mass is 32.1. The average Bonchev–Trinajstić information content (AvgIpc) is 1.35. The van der Waals surface area contributed by atoms with Crippen molar-refractivity contribution in [3.63, 3.8) is 0 Å². The van der Waals surface area contributed by atoms with E-state index in [0.717, 1.165) is 0 Å². The Morgan fingerprint density at radius 1 is 2.00 bits per heavy atom. The number of amides is 1. The summed E-state index contributed by atoms with van der Waals surface area (Å²) in [5.74, 6) is 0. The van der Waals surface area contributed by atoms with E-state index < -0.39 is 0 Å². The van der Waals surface area contributed by atoms with Crippen LogP contribution in [0.25, 0.3) is 0 Å². The van der Waals surface area contributed by atoms with Gasteiger partial charge in [0.15, 0.2) is 0 Å². The van der Waals surface area contributed by atoms with Gasteiger partial charge in [-0.2, -0.15) is 12.6 Å². The summed E-state index contributed by atoms with van der Waals surface area (Å²) in [5, 5.41) is 2.19. The first-order chi connectivity index (χ1) is 2.77. The first-order valence-corrected chi connectivity index (χ1v) is 2.09. The number of thiol groups is 1. The Morgan fingerprint density at radius 3 is 2.50 bits per heavy atom. The topological polar surface area (TPSA) is 29.1 Å². The van der Waals surface area contributed by atoms with Crippen molar-refractivity contribution in [2.75, 3.05) is 0 Å². The molecule has 0 aliphatic heterocycles. The van der Waals surface area contributed by atoms with E-state index in [-0.39, 0.29) is 5.37 Å². The third-order valence-corrected chi connectivity index (χ3v) is 0.397. The van der Waals surface area contributed by atoms with Gasteiger partial charge >= 0.3 is 6.41 Å². The van der Waals surface area contributed by atoms with Crippen LogP contribution in [0.2, 0.25) is 0 Å². The summed E-state index contributed by atoms with van der Waals surface area (Å²) >= 11 is 3.80. The number of rotatable bonds is 2. The van der Waals surface area contributed by atoms with Gasteiger partial charge in [0, 0.05) is 0 Å². The van der Waals surface area contributed by atoms with Crippen LogP contribution in [0, 0.1) is 0 Å². The van der Waals surface area contributed by atoms with Crippen molar-refractivity contribution in [1.82, 2.24) is 5.32 Å². The molecule has 0 aromatic rings. The molecule has 0 saturated carbocycles. The maximum absolute atomic E-state index is 9.33. The van der Waals surface area contributed by atoms with Crippen LogP contribution < -0.4 is 5.32 Å². The fourth-order valence-corrected chi connectivity index (χ4v) is 0.138. The normalized spacial score (nSPS) is 13.0. The van der Waals surface area contributed by atoms with Crippen molar-refractivity contribution in [2.24, 2.45) is 0 Å². The van der Waals surface area contributed by atoms with Crippen LogP contribution in [0.1, 0.15) is 6.92 Å². The molecule has 3 heteroatoms. The molecule has 1 amide bonds. The summed E-state index contributed by atoms with van der Waals surface area (Å²) in [6, 6.07) is 0. The predicted molar refractivity (Wildman–Crippen MR) is 27.3 cm³/mol. The third kappa shape index (κ3) is 3.82.